The van der Waals surface area contributed by atoms with Crippen LogP contribution < -0.4 is 5.32 Å². The molecule has 3 unspecified atom stereocenters. The van der Waals surface area contributed by atoms with Crippen LogP contribution in [-0.2, 0) is 14.3 Å². The summed E-state index contributed by atoms with van der Waals surface area (Å²) in [6.45, 7) is 5.35. The van der Waals surface area contributed by atoms with Crippen molar-refractivity contribution in [1.82, 2.24) is 10.2 Å². The van der Waals surface area contributed by atoms with Crippen molar-refractivity contribution < 1.29 is 14.3 Å². The molecule has 2 aliphatic rings. The maximum Gasteiger partial charge on any atom is 0.229 e. The number of nitrogens with zero attached hydrogens (tertiary/aromatic N) is 1. The first-order valence-corrected chi connectivity index (χ1v) is 6.41. The number of morpholine rings is 1. The molecule has 2 saturated heterocycles. The number of hydrogen-bond acceptors (Lipinski definition) is 4. The number of likely N-dealkylation sites (N-methyl/N-ethyl adjacent to an activating group) is 1. The van der Waals surface area contributed by atoms with Gasteiger partial charge in [0.25, 0.3) is 0 Å². The summed E-state index contributed by atoms with van der Waals surface area (Å²) >= 11 is 0. The van der Waals surface area contributed by atoms with Crippen LogP contribution in [0.4, 0.5) is 0 Å². The lowest BCUT2D eigenvalue weighted by atomic mass is 10.0. The second kappa shape index (κ2) is 5.80. The van der Waals surface area contributed by atoms with E-state index in [0.29, 0.717) is 26.4 Å². The van der Waals surface area contributed by atoms with E-state index in [-0.39, 0.29) is 24.0 Å². The van der Waals surface area contributed by atoms with E-state index >= 15 is 0 Å². The third-order valence-electron chi connectivity index (χ3n) is 3.67. The Morgan fingerprint density at radius 3 is 3.00 bits per heavy atom. The second-order valence-corrected chi connectivity index (χ2v) is 4.72. The van der Waals surface area contributed by atoms with Crippen molar-refractivity contribution in [3.63, 3.8) is 0 Å². The minimum absolute atomic E-state index is 0.0318. The molecule has 1 N–H and O–H groups in total. The lowest BCUT2D eigenvalue weighted by molar-refractivity contribution is -0.143. The van der Waals surface area contributed by atoms with Crippen molar-refractivity contribution in [1.29, 1.82) is 0 Å². The highest BCUT2D eigenvalue weighted by Gasteiger charge is 2.37. The maximum absolute atomic E-state index is 12.4. The first-order chi connectivity index (χ1) is 8.26. The van der Waals surface area contributed by atoms with E-state index in [1.54, 1.807) is 0 Å². The van der Waals surface area contributed by atoms with Crippen molar-refractivity contribution in [2.45, 2.75) is 25.5 Å². The zero-order valence-electron chi connectivity index (χ0n) is 10.6. The average Bonchev–Trinajstić information content (AvgIpc) is 2.86. The minimum Gasteiger partial charge on any atom is -0.379 e. The summed E-state index contributed by atoms with van der Waals surface area (Å²) in [7, 11) is 1.88. The van der Waals surface area contributed by atoms with Gasteiger partial charge >= 0.3 is 0 Å². The van der Waals surface area contributed by atoms with Crippen LogP contribution in [0.15, 0.2) is 0 Å². The first kappa shape index (κ1) is 12.8. The maximum atomic E-state index is 12.4. The largest absolute Gasteiger partial charge is 0.379 e. The lowest BCUT2D eigenvalue weighted by Gasteiger charge is -2.34. The highest BCUT2D eigenvalue weighted by Crippen LogP contribution is 2.19. The Hall–Kier alpha value is -0.650. The number of carbonyl (C=O) groups excluding carboxylic acids is 1. The van der Waals surface area contributed by atoms with Crippen molar-refractivity contribution in [2.24, 2.45) is 5.92 Å². The lowest BCUT2D eigenvalue weighted by Crippen LogP contribution is -2.51. The molecular formula is C12H22N2O3. The molecule has 0 bridgehead atoms. The highest BCUT2D eigenvalue weighted by molar-refractivity contribution is 5.80. The Labute approximate surface area is 102 Å². The van der Waals surface area contributed by atoms with Crippen molar-refractivity contribution in [2.75, 3.05) is 40.0 Å². The predicted octanol–water partition coefficient (Wildman–Crippen LogP) is -0.142. The molecule has 0 aromatic rings. The van der Waals surface area contributed by atoms with Crippen LogP contribution in [0.1, 0.15) is 13.3 Å². The van der Waals surface area contributed by atoms with E-state index in [1.807, 2.05) is 11.9 Å². The summed E-state index contributed by atoms with van der Waals surface area (Å²) in [4.78, 5) is 14.3. The average molecular weight is 242 g/mol. The van der Waals surface area contributed by atoms with Gasteiger partial charge in [0.1, 0.15) is 0 Å². The Bertz CT molecular complexity index is 272. The van der Waals surface area contributed by atoms with E-state index in [9.17, 15) is 4.79 Å². The van der Waals surface area contributed by atoms with Gasteiger partial charge in [-0.1, -0.05) is 6.92 Å². The molecule has 0 spiro atoms. The summed E-state index contributed by atoms with van der Waals surface area (Å²) in [6.07, 6.45) is 1.16. The molecule has 0 aliphatic carbocycles. The van der Waals surface area contributed by atoms with Gasteiger partial charge in [-0.25, -0.2) is 0 Å². The molecule has 0 aromatic heterocycles. The van der Waals surface area contributed by atoms with Crippen LogP contribution >= 0.6 is 0 Å². The van der Waals surface area contributed by atoms with Crippen LogP contribution in [0.25, 0.3) is 0 Å². The van der Waals surface area contributed by atoms with E-state index in [1.165, 1.54) is 0 Å². The van der Waals surface area contributed by atoms with Gasteiger partial charge in [-0.15, -0.1) is 0 Å². The number of hydrogen-bond donors (Lipinski definition) is 1. The zero-order valence-corrected chi connectivity index (χ0v) is 10.6. The number of amides is 1. The molecular weight excluding hydrogens is 220 g/mol. The van der Waals surface area contributed by atoms with E-state index in [2.05, 4.69) is 12.2 Å². The van der Waals surface area contributed by atoms with Crippen LogP contribution in [0, 0.1) is 5.92 Å². The van der Waals surface area contributed by atoms with Gasteiger partial charge in [0.05, 0.1) is 31.8 Å². The third kappa shape index (κ3) is 2.78. The van der Waals surface area contributed by atoms with Crippen LogP contribution in [0.3, 0.4) is 0 Å². The zero-order chi connectivity index (χ0) is 12.3. The Kier molecular flexibility index (Phi) is 4.36. The normalized spacial score (nSPS) is 34.0. The van der Waals surface area contributed by atoms with Gasteiger partial charge in [-0.2, -0.15) is 0 Å². The molecule has 2 fully saturated rings. The van der Waals surface area contributed by atoms with Crippen molar-refractivity contribution in [3.8, 4) is 0 Å². The van der Waals surface area contributed by atoms with Gasteiger partial charge in [0.2, 0.25) is 5.91 Å². The van der Waals surface area contributed by atoms with Crippen LogP contribution in [0.5, 0.6) is 0 Å². The molecule has 2 rings (SSSR count). The SMILES string of the molecule is CCC1CN(C(=O)C2COCC2NC)CCO1. The highest BCUT2D eigenvalue weighted by atomic mass is 16.5. The Morgan fingerprint density at radius 2 is 2.29 bits per heavy atom. The molecule has 0 aromatic carbocycles. The first-order valence-electron chi connectivity index (χ1n) is 6.41. The van der Waals surface area contributed by atoms with Gasteiger partial charge in [-0.05, 0) is 13.5 Å². The van der Waals surface area contributed by atoms with Crippen molar-refractivity contribution in [3.05, 3.63) is 0 Å². The predicted molar refractivity (Wildman–Crippen MR) is 63.8 cm³/mol. The topological polar surface area (TPSA) is 50.8 Å². The van der Waals surface area contributed by atoms with Gasteiger partial charge in [0.15, 0.2) is 0 Å². The minimum atomic E-state index is -0.0318. The molecule has 5 heteroatoms. The van der Waals surface area contributed by atoms with E-state index < -0.39 is 0 Å². The Balaban J connectivity index is 1.94. The molecule has 0 radical (unpaired) electrons. The van der Waals surface area contributed by atoms with Crippen LogP contribution in [0.2, 0.25) is 0 Å². The van der Waals surface area contributed by atoms with Gasteiger partial charge in [0, 0.05) is 19.1 Å². The summed E-state index contributed by atoms with van der Waals surface area (Å²) in [5.74, 6) is 0.180. The Morgan fingerprint density at radius 1 is 1.47 bits per heavy atom. The fourth-order valence-corrected chi connectivity index (χ4v) is 2.48. The molecule has 2 aliphatic heterocycles. The number of ether oxygens (including phenoxy) is 2. The van der Waals surface area contributed by atoms with Crippen molar-refractivity contribution >= 4 is 5.91 Å². The standard InChI is InChI=1S/C12H22N2O3/c1-3-9-6-14(4-5-17-9)12(15)10-7-16-8-11(10)13-2/h9-11,13H,3-8H2,1-2H3. The number of rotatable bonds is 3. The van der Waals surface area contributed by atoms with Crippen LogP contribution in [-0.4, -0.2) is 62.9 Å². The molecule has 5 nitrogen and oxygen atoms in total. The summed E-state index contributed by atoms with van der Waals surface area (Å²) in [5, 5.41) is 3.16. The van der Waals surface area contributed by atoms with Gasteiger partial charge < -0.3 is 19.7 Å². The van der Waals surface area contributed by atoms with Gasteiger partial charge in [-0.3, -0.25) is 4.79 Å². The fourth-order valence-electron chi connectivity index (χ4n) is 2.48. The number of nitrogens with one attached hydrogen (secondary N) is 1. The molecule has 17 heavy (non-hydrogen) atoms. The summed E-state index contributed by atoms with van der Waals surface area (Å²) in [6, 6.07) is 0.158. The van der Waals surface area contributed by atoms with E-state index in [0.717, 1.165) is 13.0 Å². The molecule has 0 saturated carbocycles. The summed E-state index contributed by atoms with van der Waals surface area (Å²) < 4.78 is 11.0. The smallest absolute Gasteiger partial charge is 0.229 e. The monoisotopic (exact) mass is 242 g/mol. The quantitative estimate of drug-likeness (QED) is 0.748. The fraction of sp³-hybridized carbons (Fsp3) is 0.917. The van der Waals surface area contributed by atoms with E-state index in [4.69, 9.17) is 9.47 Å². The number of carbonyl (C=O) groups is 1. The third-order valence-corrected chi connectivity index (χ3v) is 3.67. The molecule has 1 amide bonds. The summed E-state index contributed by atoms with van der Waals surface area (Å²) in [5.41, 5.74) is 0. The molecule has 98 valence electrons. The molecule has 2 heterocycles. The second-order valence-electron chi connectivity index (χ2n) is 4.72. The molecule has 3 atom stereocenters.